The number of carbonyl (C=O) groups excluding carboxylic acids is 7. The van der Waals surface area contributed by atoms with Crippen LogP contribution in [0.2, 0.25) is 0 Å². The molecule has 3 aliphatic carbocycles. The number of ether oxygens (including phenoxy) is 8. The fourth-order valence-electron chi connectivity index (χ4n) is 11.4. The highest BCUT2D eigenvalue weighted by molar-refractivity contribution is 5.96. The second-order valence-corrected chi connectivity index (χ2v) is 20.0. The monoisotopic (exact) mass is 1040 g/mol. The first-order valence-electron chi connectivity index (χ1n) is 24.7. The lowest BCUT2D eigenvalue weighted by atomic mass is 9.44. The van der Waals surface area contributed by atoms with Crippen LogP contribution in [0.4, 0.5) is 4.79 Å². The van der Waals surface area contributed by atoms with Crippen LogP contribution in [0.25, 0.3) is 0 Å². The van der Waals surface area contributed by atoms with E-state index in [1.807, 2.05) is 0 Å². The number of ketones is 1. The van der Waals surface area contributed by atoms with Crippen molar-refractivity contribution < 1.29 is 86.5 Å². The number of Topliss-reactive ketones (excluding diaryl/α,β-unsaturated/α-hetero) is 1. The molecule has 19 heteroatoms. The van der Waals surface area contributed by atoms with Crippen molar-refractivity contribution in [3.63, 3.8) is 0 Å². The van der Waals surface area contributed by atoms with Crippen LogP contribution < -0.4 is 5.32 Å². The van der Waals surface area contributed by atoms with Crippen molar-refractivity contribution in [2.75, 3.05) is 19.8 Å². The molecule has 19 nitrogen and oxygen atoms in total. The molecule has 11 atom stereocenters. The molecule has 7 rings (SSSR count). The molecular formula is C56H63NO18. The summed E-state index contributed by atoms with van der Waals surface area (Å²) in [6.45, 7) is 11.2. The predicted octanol–water partition coefficient (Wildman–Crippen LogP) is 6.36. The number of amides is 1. The van der Waals surface area contributed by atoms with Crippen molar-refractivity contribution in [1.29, 1.82) is 0 Å². The average Bonchev–Trinajstić information content (AvgIpc) is 3.37. The Morgan fingerprint density at radius 3 is 2.05 bits per heavy atom. The van der Waals surface area contributed by atoms with E-state index < -0.39 is 125 Å². The van der Waals surface area contributed by atoms with Gasteiger partial charge in [0.2, 0.25) is 6.10 Å². The van der Waals surface area contributed by atoms with E-state index in [4.69, 9.17) is 37.9 Å². The molecule has 3 N–H and O–H groups in total. The number of carboxylic acids is 1. The van der Waals surface area contributed by atoms with Gasteiger partial charge in [0, 0.05) is 50.7 Å². The Balaban J connectivity index is 1.43. The molecule has 0 aromatic heterocycles. The lowest BCUT2D eigenvalue weighted by molar-refractivity contribution is -0.348. The smallest absolute Gasteiger partial charge is 0.481 e. The minimum absolute atomic E-state index is 0.0374. The molecule has 2 saturated carbocycles. The SMILES string of the molecule is C=CCOC(=O)O[C@@H](C(=O)O[C@H]1C[C@@]2(O)[C@@H](OC(=O)c3ccccc3)C3[C@]4(OC(C)=O)COC4C[C@H](OCCCCC(=O)O)[C@@]3(C)C(=O)C(OC(C)=O)C(=C1C)C2(C)C)[C@H](NC(=O)c1ccccc1)c1ccccc1. The van der Waals surface area contributed by atoms with Crippen LogP contribution >= 0.6 is 0 Å². The van der Waals surface area contributed by atoms with Gasteiger partial charge in [0.1, 0.15) is 36.6 Å². The lowest BCUT2D eigenvalue weighted by Crippen LogP contribution is -2.82. The number of aliphatic carboxylic acids is 1. The lowest BCUT2D eigenvalue weighted by Gasteiger charge is -2.67. The number of esters is 4. The van der Waals surface area contributed by atoms with E-state index >= 15 is 9.59 Å². The third kappa shape index (κ3) is 11.0. The minimum atomic E-state index is -2.49. The van der Waals surface area contributed by atoms with Crippen LogP contribution in [0.1, 0.15) is 106 Å². The van der Waals surface area contributed by atoms with Gasteiger partial charge in [-0.15, -0.1) is 0 Å². The third-order valence-corrected chi connectivity index (χ3v) is 15.1. The van der Waals surface area contributed by atoms with E-state index in [0.717, 1.165) is 13.8 Å². The maximum absolute atomic E-state index is 16.2. The highest BCUT2D eigenvalue weighted by Crippen LogP contribution is 2.65. The molecule has 0 radical (unpaired) electrons. The molecule has 400 valence electrons. The molecule has 0 spiro atoms. The van der Waals surface area contributed by atoms with Gasteiger partial charge in [-0.2, -0.15) is 0 Å². The zero-order valence-electron chi connectivity index (χ0n) is 42.6. The second-order valence-electron chi connectivity index (χ2n) is 20.0. The molecule has 75 heavy (non-hydrogen) atoms. The highest BCUT2D eigenvalue weighted by Gasteiger charge is 2.78. The third-order valence-electron chi connectivity index (χ3n) is 15.1. The number of unbranched alkanes of at least 4 members (excludes halogenated alkanes) is 1. The van der Waals surface area contributed by atoms with Crippen LogP contribution in [0.5, 0.6) is 0 Å². The van der Waals surface area contributed by atoms with Crippen LogP contribution in [0, 0.1) is 16.7 Å². The minimum Gasteiger partial charge on any atom is -0.481 e. The molecule has 1 aliphatic heterocycles. The van der Waals surface area contributed by atoms with Gasteiger partial charge >= 0.3 is 36.0 Å². The summed E-state index contributed by atoms with van der Waals surface area (Å²) in [5.41, 5.74) is -7.46. The summed E-state index contributed by atoms with van der Waals surface area (Å²) >= 11 is 0. The van der Waals surface area contributed by atoms with Crippen molar-refractivity contribution >= 4 is 47.7 Å². The molecule has 3 unspecified atom stereocenters. The normalized spacial score (nSPS) is 28.1. The first-order chi connectivity index (χ1) is 35.6. The van der Waals surface area contributed by atoms with E-state index in [1.165, 1.54) is 44.2 Å². The van der Waals surface area contributed by atoms with Crippen LogP contribution in [-0.4, -0.2) is 126 Å². The quantitative estimate of drug-likeness (QED) is 0.0510. The van der Waals surface area contributed by atoms with Crippen molar-refractivity contribution in [2.24, 2.45) is 16.7 Å². The summed E-state index contributed by atoms with van der Waals surface area (Å²) in [5, 5.41) is 26.3. The van der Waals surface area contributed by atoms with E-state index in [-0.39, 0.29) is 67.8 Å². The number of carboxylic acid groups (broad SMARTS) is 1. The molecule has 4 aliphatic rings. The van der Waals surface area contributed by atoms with Crippen LogP contribution in [0.3, 0.4) is 0 Å². The number of aliphatic hydroxyl groups is 1. The Labute approximate surface area is 433 Å². The van der Waals surface area contributed by atoms with Gasteiger partial charge in [0.05, 0.1) is 29.6 Å². The summed E-state index contributed by atoms with van der Waals surface area (Å²) in [7, 11) is 0. The molecule has 1 amide bonds. The summed E-state index contributed by atoms with van der Waals surface area (Å²) < 4.78 is 48.8. The van der Waals surface area contributed by atoms with E-state index in [0.29, 0.717) is 5.56 Å². The number of benzene rings is 3. The van der Waals surface area contributed by atoms with E-state index in [2.05, 4.69) is 11.9 Å². The molecule has 3 fully saturated rings. The van der Waals surface area contributed by atoms with Crippen molar-refractivity contribution in [2.45, 2.75) is 128 Å². The molecule has 1 heterocycles. The van der Waals surface area contributed by atoms with Crippen LogP contribution in [-0.2, 0) is 61.9 Å². The number of rotatable bonds is 19. The molecule has 3 aromatic carbocycles. The predicted molar refractivity (Wildman–Crippen MR) is 263 cm³/mol. The molecular weight excluding hydrogens is 975 g/mol. The Morgan fingerprint density at radius 1 is 0.853 bits per heavy atom. The summed E-state index contributed by atoms with van der Waals surface area (Å²) in [5.74, 6) is -8.03. The zero-order chi connectivity index (χ0) is 54.5. The fourth-order valence-corrected chi connectivity index (χ4v) is 11.4. The number of hydrogen-bond acceptors (Lipinski definition) is 17. The number of hydrogen-bond donors (Lipinski definition) is 3. The topological polar surface area (TPSA) is 263 Å². The van der Waals surface area contributed by atoms with Gasteiger partial charge in [-0.25, -0.2) is 14.4 Å². The van der Waals surface area contributed by atoms with Gasteiger partial charge in [-0.05, 0) is 67.7 Å². The summed E-state index contributed by atoms with van der Waals surface area (Å²) in [6, 6.07) is 22.5. The number of fused-ring (bicyclic) bond motifs is 5. The van der Waals surface area contributed by atoms with Gasteiger partial charge in [0.15, 0.2) is 17.5 Å². The largest absolute Gasteiger partial charge is 0.509 e. The van der Waals surface area contributed by atoms with Gasteiger partial charge in [-0.1, -0.05) is 93.2 Å². The van der Waals surface area contributed by atoms with Crippen molar-refractivity contribution in [3.05, 3.63) is 131 Å². The standard InChI is InChI=1S/C56H63NO18/c1-8-27-69-52(66)73-45(43(35-20-12-9-13-21-35)57-49(63)36-22-14-10-15-23-36)51(65)72-38-30-56(67)48(74-50(64)37-24-16-11-17-25-37)46-54(7,47(62)44(71-33(3)58)42(32(38)2)53(56,5)6)39(68-28-19-18-26-41(60)61)29-40-55(46,31-70-40)75-34(4)59/h8-17,20-25,38-40,43-46,48,67H,1,18-19,26-31H2,2-7H3,(H,57,63)(H,60,61)/t38-,39-,40?,43+,44?,45+,46?,48-,54+,55-,56+/m0/s1. The Kier molecular flexibility index (Phi) is 16.8. The summed E-state index contributed by atoms with van der Waals surface area (Å²) in [4.78, 5) is 112. The Morgan fingerprint density at radius 2 is 1.48 bits per heavy atom. The highest BCUT2D eigenvalue weighted by atomic mass is 16.7. The maximum Gasteiger partial charge on any atom is 0.509 e. The molecule has 3 aromatic rings. The summed E-state index contributed by atoms with van der Waals surface area (Å²) in [6.07, 6.45) is -10.1. The second kappa shape index (κ2) is 22.7. The van der Waals surface area contributed by atoms with Crippen molar-refractivity contribution in [1.82, 2.24) is 5.32 Å². The van der Waals surface area contributed by atoms with E-state index in [9.17, 15) is 39.0 Å². The first-order valence-corrected chi connectivity index (χ1v) is 24.7. The van der Waals surface area contributed by atoms with Gasteiger partial charge in [-0.3, -0.25) is 24.0 Å². The Hall–Kier alpha value is -7.22. The van der Waals surface area contributed by atoms with E-state index in [1.54, 1.807) is 80.6 Å². The zero-order valence-corrected chi connectivity index (χ0v) is 42.6. The fraction of sp³-hybridized carbons (Fsp3) is 0.464. The molecule has 2 bridgehead atoms. The Bertz CT molecular complexity index is 2690. The number of nitrogens with one attached hydrogen (secondary N) is 1. The van der Waals surface area contributed by atoms with Crippen LogP contribution in [0.15, 0.2) is 115 Å². The van der Waals surface area contributed by atoms with Crippen molar-refractivity contribution in [3.8, 4) is 0 Å². The number of carbonyl (C=O) groups is 8. The van der Waals surface area contributed by atoms with Gasteiger partial charge < -0.3 is 53.4 Å². The maximum atomic E-state index is 16.2. The molecule has 1 saturated heterocycles. The first kappa shape index (κ1) is 55.5. The van der Waals surface area contributed by atoms with Gasteiger partial charge in [0.25, 0.3) is 5.91 Å². The average molecular weight is 1040 g/mol.